The minimum Gasteiger partial charge on any atom is -0.382 e. The molecule has 0 radical (unpaired) electrons. The summed E-state index contributed by atoms with van der Waals surface area (Å²) in [4.78, 5) is 40.0. The van der Waals surface area contributed by atoms with E-state index in [4.69, 9.17) is 25.0 Å². The third kappa shape index (κ3) is 5.89. The maximum atomic E-state index is 12.0. The monoisotopic (exact) mass is 543 g/mol. The second kappa shape index (κ2) is 9.71. The number of nitrogens with zero attached hydrogens (tertiary/aromatic N) is 4. The van der Waals surface area contributed by atoms with Crippen LogP contribution >= 0.6 is 23.5 Å². The van der Waals surface area contributed by atoms with E-state index in [0.717, 1.165) is 0 Å². The topological polar surface area (TPSA) is 258 Å². The van der Waals surface area contributed by atoms with Gasteiger partial charge in [-0.25, -0.2) is 23.2 Å². The Morgan fingerprint density at radius 1 is 1.26 bits per heavy atom. The van der Waals surface area contributed by atoms with Crippen molar-refractivity contribution < 1.29 is 55.9 Å². The fourth-order valence-corrected chi connectivity index (χ4v) is 6.43. The normalized spacial score (nSPS) is 26.7. The van der Waals surface area contributed by atoms with Crippen LogP contribution in [0.2, 0.25) is 0 Å². The lowest BCUT2D eigenvalue weighted by Crippen LogP contribution is -2.38. The molecule has 0 saturated carbocycles. The summed E-state index contributed by atoms with van der Waals surface area (Å²) in [5.74, 6) is 0.143. The summed E-state index contributed by atoms with van der Waals surface area (Å²) in [6.45, 7) is 1.12. The highest BCUT2D eigenvalue weighted by molar-refractivity contribution is 7.66. The molecule has 6 N–H and O–H groups in total. The van der Waals surface area contributed by atoms with E-state index >= 15 is 0 Å². The summed E-state index contributed by atoms with van der Waals surface area (Å²) in [5, 5.41) is 14.1. The standard InChI is InChI=1S/C14H20N5O12P3/c1-2-27-12-5-9(6-28-33(23,24)31-34(25,26)30-32(20,21)22)29-14(12,7-15)11-4-3-10-13(16)17-8-18-19(10)11/h3-4,8-9,12H,2,5-6H2,1H3,(H,23,24)(H,25,26)(H2,16,17,18)(H2,20,21,22). The summed E-state index contributed by atoms with van der Waals surface area (Å²) in [6.07, 6.45) is -0.809. The predicted octanol–water partition coefficient (Wildman–Crippen LogP) is 0.568. The average molecular weight is 543 g/mol. The Bertz CT molecular complexity index is 1240. The van der Waals surface area contributed by atoms with Crippen LogP contribution in [0.5, 0.6) is 0 Å². The molecule has 2 aromatic rings. The number of rotatable bonds is 10. The van der Waals surface area contributed by atoms with Gasteiger partial charge in [0.25, 0.3) is 0 Å². The first-order valence-electron chi connectivity index (χ1n) is 9.29. The third-order valence-corrected chi connectivity index (χ3v) is 8.32. The molecule has 5 atom stereocenters. The highest BCUT2D eigenvalue weighted by Gasteiger charge is 2.54. The van der Waals surface area contributed by atoms with E-state index in [1.165, 1.54) is 16.9 Å². The van der Waals surface area contributed by atoms with Gasteiger partial charge in [-0.05, 0) is 19.1 Å². The lowest BCUT2D eigenvalue weighted by molar-refractivity contribution is -0.0801. The highest BCUT2D eigenvalue weighted by Crippen LogP contribution is 2.66. The van der Waals surface area contributed by atoms with Gasteiger partial charge in [0, 0.05) is 13.0 Å². The molecule has 2 aromatic heterocycles. The van der Waals surface area contributed by atoms with Gasteiger partial charge in [-0.3, -0.25) is 4.52 Å². The Kier molecular flexibility index (Phi) is 7.66. The van der Waals surface area contributed by atoms with E-state index in [1.54, 1.807) is 13.0 Å². The average Bonchev–Trinajstić information content (AvgIpc) is 3.27. The zero-order valence-corrected chi connectivity index (χ0v) is 20.0. The molecule has 1 saturated heterocycles. The van der Waals surface area contributed by atoms with Crippen molar-refractivity contribution in [2.45, 2.75) is 31.2 Å². The molecule has 3 rings (SSSR count). The van der Waals surface area contributed by atoms with Crippen LogP contribution in [-0.2, 0) is 41.9 Å². The number of phosphoric ester groups is 1. The lowest BCUT2D eigenvalue weighted by atomic mass is 9.94. The molecular formula is C14H20N5O12P3. The van der Waals surface area contributed by atoms with Crippen LogP contribution in [0.1, 0.15) is 19.0 Å². The summed E-state index contributed by atoms with van der Waals surface area (Å²) in [6, 6.07) is 5.13. The van der Waals surface area contributed by atoms with Crippen LogP contribution in [0, 0.1) is 11.3 Å². The van der Waals surface area contributed by atoms with Crippen LogP contribution in [-0.4, -0.2) is 59.6 Å². The van der Waals surface area contributed by atoms with Gasteiger partial charge in [0.15, 0.2) is 5.82 Å². The number of nitrogen functional groups attached to an aromatic ring is 1. The molecule has 1 aliphatic rings. The van der Waals surface area contributed by atoms with Gasteiger partial charge in [-0.2, -0.15) is 19.0 Å². The number of anilines is 1. The number of hydrogen-bond acceptors (Lipinski definition) is 12. The van der Waals surface area contributed by atoms with E-state index in [9.17, 15) is 28.7 Å². The van der Waals surface area contributed by atoms with Gasteiger partial charge >= 0.3 is 23.5 Å². The van der Waals surface area contributed by atoms with Crippen LogP contribution in [0.25, 0.3) is 5.52 Å². The van der Waals surface area contributed by atoms with E-state index in [-0.39, 0.29) is 24.5 Å². The van der Waals surface area contributed by atoms with Crippen LogP contribution in [0.3, 0.4) is 0 Å². The molecule has 188 valence electrons. The van der Waals surface area contributed by atoms with Gasteiger partial charge in [-0.1, -0.05) is 0 Å². The molecule has 0 spiro atoms. The number of ether oxygens (including phenoxy) is 2. The maximum absolute atomic E-state index is 12.0. The number of phosphoric acid groups is 3. The summed E-state index contributed by atoms with van der Waals surface area (Å²) < 4.78 is 59.0. The molecule has 0 amide bonds. The summed E-state index contributed by atoms with van der Waals surface area (Å²) in [5.41, 5.74) is 4.71. The van der Waals surface area contributed by atoms with Crippen LogP contribution in [0.4, 0.5) is 5.82 Å². The first kappa shape index (κ1) is 26.8. The Labute approximate surface area is 191 Å². The molecule has 1 fully saturated rings. The zero-order valence-electron chi connectivity index (χ0n) is 17.3. The van der Waals surface area contributed by atoms with Crippen LogP contribution < -0.4 is 5.73 Å². The quantitative estimate of drug-likeness (QED) is 0.256. The van der Waals surface area contributed by atoms with E-state index in [0.29, 0.717) is 5.52 Å². The Morgan fingerprint density at radius 2 is 1.97 bits per heavy atom. The van der Waals surface area contributed by atoms with E-state index in [1.807, 2.05) is 6.07 Å². The van der Waals surface area contributed by atoms with Gasteiger partial charge in [0.05, 0.1) is 18.4 Å². The fraction of sp³-hybridized carbons (Fsp3) is 0.500. The molecule has 0 aromatic carbocycles. The number of fused-ring (bicyclic) bond motifs is 1. The van der Waals surface area contributed by atoms with Crippen molar-refractivity contribution in [1.82, 2.24) is 14.6 Å². The Hall–Kier alpha value is -1.76. The molecule has 20 heteroatoms. The first-order valence-corrected chi connectivity index (χ1v) is 13.8. The molecular weight excluding hydrogens is 523 g/mol. The Morgan fingerprint density at radius 3 is 2.59 bits per heavy atom. The number of aromatic nitrogens is 3. The number of hydrogen-bond donors (Lipinski definition) is 5. The van der Waals surface area contributed by atoms with Crippen molar-refractivity contribution in [3.05, 3.63) is 24.2 Å². The molecule has 5 unspecified atom stereocenters. The Balaban J connectivity index is 1.81. The number of nitriles is 1. The fourth-order valence-electron chi connectivity index (χ4n) is 3.38. The van der Waals surface area contributed by atoms with Crippen molar-refractivity contribution in [3.8, 4) is 6.07 Å². The third-order valence-electron chi connectivity index (χ3n) is 4.52. The smallest absolute Gasteiger partial charge is 0.382 e. The SMILES string of the molecule is CCOC1CC(COP(=O)(O)OP(=O)(O)OP(=O)(O)O)OC1(C#N)c1ccc2c(N)ncnn12. The van der Waals surface area contributed by atoms with Gasteiger partial charge in [0.2, 0.25) is 5.60 Å². The summed E-state index contributed by atoms with van der Waals surface area (Å²) in [7, 11) is -16.6. The van der Waals surface area contributed by atoms with Crippen LogP contribution in [0.15, 0.2) is 18.5 Å². The minimum absolute atomic E-state index is 0.0229. The maximum Gasteiger partial charge on any atom is 0.490 e. The largest absolute Gasteiger partial charge is 0.490 e. The van der Waals surface area contributed by atoms with Gasteiger partial charge in [-0.15, -0.1) is 0 Å². The first-order chi connectivity index (χ1) is 15.7. The minimum atomic E-state index is -5.67. The molecule has 34 heavy (non-hydrogen) atoms. The van der Waals surface area contributed by atoms with Crippen molar-refractivity contribution in [1.29, 1.82) is 5.26 Å². The van der Waals surface area contributed by atoms with Crippen molar-refractivity contribution in [2.75, 3.05) is 18.9 Å². The molecule has 0 bridgehead atoms. The second-order valence-electron chi connectivity index (χ2n) is 6.81. The van der Waals surface area contributed by atoms with Gasteiger partial charge < -0.3 is 34.8 Å². The summed E-state index contributed by atoms with van der Waals surface area (Å²) >= 11 is 0. The highest BCUT2D eigenvalue weighted by atomic mass is 31.3. The zero-order chi connectivity index (χ0) is 25.4. The van der Waals surface area contributed by atoms with Crippen molar-refractivity contribution in [2.24, 2.45) is 0 Å². The molecule has 0 aliphatic carbocycles. The van der Waals surface area contributed by atoms with E-state index < -0.39 is 47.9 Å². The second-order valence-corrected chi connectivity index (χ2v) is 11.2. The molecule has 3 heterocycles. The predicted molar refractivity (Wildman–Crippen MR) is 109 cm³/mol. The van der Waals surface area contributed by atoms with Crippen molar-refractivity contribution >= 4 is 34.8 Å². The molecule has 17 nitrogen and oxygen atoms in total. The van der Waals surface area contributed by atoms with Crippen molar-refractivity contribution in [3.63, 3.8) is 0 Å². The van der Waals surface area contributed by atoms with E-state index in [2.05, 4.69) is 23.2 Å². The molecule has 1 aliphatic heterocycles. The lowest BCUT2D eigenvalue weighted by Gasteiger charge is -2.27. The van der Waals surface area contributed by atoms with Gasteiger partial charge in [0.1, 0.15) is 24.0 Å². The number of nitrogens with two attached hydrogens (primary N) is 1.